The first-order valence-electron chi connectivity index (χ1n) is 6.85. The summed E-state index contributed by atoms with van der Waals surface area (Å²) >= 11 is 3.35. The molecule has 0 aromatic carbocycles. The van der Waals surface area contributed by atoms with Gasteiger partial charge in [0, 0.05) is 31.5 Å². The van der Waals surface area contributed by atoms with Crippen molar-refractivity contribution in [2.24, 2.45) is 0 Å². The van der Waals surface area contributed by atoms with E-state index in [0.29, 0.717) is 32.3 Å². The zero-order valence-electron chi connectivity index (χ0n) is 11.0. The molecule has 0 spiro atoms. The van der Waals surface area contributed by atoms with E-state index in [9.17, 15) is 4.79 Å². The van der Waals surface area contributed by atoms with Gasteiger partial charge in [0.05, 0.1) is 12.7 Å². The number of nitrogens with one attached hydrogen (secondary N) is 1. The Balaban J connectivity index is 1.81. The number of halogens is 1. The van der Waals surface area contributed by atoms with Crippen LogP contribution in [-0.4, -0.2) is 43.7 Å². The Hall–Kier alpha value is -0.130. The van der Waals surface area contributed by atoms with Crippen LogP contribution in [0.25, 0.3) is 0 Å². The van der Waals surface area contributed by atoms with Gasteiger partial charge in [0.15, 0.2) is 0 Å². The van der Waals surface area contributed by atoms with Gasteiger partial charge in [-0.25, -0.2) is 0 Å². The van der Waals surface area contributed by atoms with Gasteiger partial charge in [-0.3, -0.25) is 4.79 Å². The van der Waals surface area contributed by atoms with Gasteiger partial charge < -0.3 is 14.8 Å². The van der Waals surface area contributed by atoms with Crippen molar-refractivity contribution < 1.29 is 14.3 Å². The summed E-state index contributed by atoms with van der Waals surface area (Å²) < 4.78 is 11.0. The van der Waals surface area contributed by atoms with Crippen molar-refractivity contribution in [2.45, 2.75) is 44.6 Å². The first kappa shape index (κ1) is 15.9. The van der Waals surface area contributed by atoms with Crippen molar-refractivity contribution in [3.05, 3.63) is 0 Å². The molecule has 1 fully saturated rings. The zero-order valence-corrected chi connectivity index (χ0v) is 12.5. The minimum absolute atomic E-state index is 0.148. The number of alkyl halides is 1. The fourth-order valence-electron chi connectivity index (χ4n) is 1.86. The third kappa shape index (κ3) is 8.06. The van der Waals surface area contributed by atoms with Crippen molar-refractivity contribution in [3.63, 3.8) is 0 Å². The Morgan fingerprint density at radius 3 is 3.00 bits per heavy atom. The Kier molecular flexibility index (Phi) is 9.52. The SMILES string of the molecule is O=C(CCCCBr)NCCCOCC1CCCO1. The molecule has 1 heterocycles. The molecule has 1 atom stereocenters. The molecule has 1 rings (SSSR count). The molecule has 1 amide bonds. The van der Waals surface area contributed by atoms with Gasteiger partial charge in [0.2, 0.25) is 5.91 Å². The summed E-state index contributed by atoms with van der Waals surface area (Å²) in [6.07, 6.45) is 6.07. The van der Waals surface area contributed by atoms with Crippen molar-refractivity contribution >= 4 is 21.8 Å². The molecule has 18 heavy (non-hydrogen) atoms. The first-order valence-corrected chi connectivity index (χ1v) is 7.97. The predicted molar refractivity (Wildman–Crippen MR) is 75.1 cm³/mol. The second-order valence-electron chi connectivity index (χ2n) is 4.56. The molecule has 106 valence electrons. The van der Waals surface area contributed by atoms with Crippen molar-refractivity contribution in [3.8, 4) is 0 Å². The lowest BCUT2D eigenvalue weighted by molar-refractivity contribution is -0.121. The maximum absolute atomic E-state index is 11.4. The van der Waals surface area contributed by atoms with Crippen LogP contribution in [-0.2, 0) is 14.3 Å². The average Bonchev–Trinajstić information content (AvgIpc) is 2.87. The van der Waals surface area contributed by atoms with Crippen LogP contribution < -0.4 is 5.32 Å². The highest BCUT2D eigenvalue weighted by molar-refractivity contribution is 9.09. The highest BCUT2D eigenvalue weighted by Crippen LogP contribution is 2.11. The molecular weight excluding hydrogens is 298 g/mol. The van der Waals surface area contributed by atoms with E-state index in [0.717, 1.165) is 44.0 Å². The Morgan fingerprint density at radius 1 is 1.39 bits per heavy atom. The van der Waals surface area contributed by atoms with Crippen LogP contribution >= 0.6 is 15.9 Å². The molecule has 4 nitrogen and oxygen atoms in total. The second kappa shape index (κ2) is 10.8. The summed E-state index contributed by atoms with van der Waals surface area (Å²) in [7, 11) is 0. The van der Waals surface area contributed by atoms with E-state index in [4.69, 9.17) is 9.47 Å². The highest BCUT2D eigenvalue weighted by Gasteiger charge is 2.14. The van der Waals surface area contributed by atoms with Gasteiger partial charge in [-0.05, 0) is 32.1 Å². The van der Waals surface area contributed by atoms with E-state index < -0.39 is 0 Å². The minimum Gasteiger partial charge on any atom is -0.379 e. The molecule has 1 aliphatic rings. The molecular formula is C13H24BrNO3. The van der Waals surface area contributed by atoms with Gasteiger partial charge in [-0.15, -0.1) is 0 Å². The molecule has 1 saturated heterocycles. The Bertz CT molecular complexity index is 220. The van der Waals surface area contributed by atoms with Crippen LogP contribution in [0.1, 0.15) is 38.5 Å². The largest absolute Gasteiger partial charge is 0.379 e. The van der Waals surface area contributed by atoms with E-state index in [1.807, 2.05) is 0 Å². The lowest BCUT2D eigenvalue weighted by atomic mass is 10.2. The standard InChI is InChI=1S/C13H24BrNO3/c14-7-2-1-6-13(16)15-8-4-9-17-11-12-5-3-10-18-12/h12H,1-11H2,(H,15,16). The van der Waals surface area contributed by atoms with Crippen LogP contribution in [0.3, 0.4) is 0 Å². The summed E-state index contributed by atoms with van der Waals surface area (Å²) in [6.45, 7) is 2.97. The summed E-state index contributed by atoms with van der Waals surface area (Å²) in [5.74, 6) is 0.148. The van der Waals surface area contributed by atoms with E-state index in [2.05, 4.69) is 21.2 Å². The Morgan fingerprint density at radius 2 is 2.28 bits per heavy atom. The highest BCUT2D eigenvalue weighted by atomic mass is 79.9. The molecule has 1 unspecified atom stereocenters. The monoisotopic (exact) mass is 321 g/mol. The third-order valence-electron chi connectivity index (χ3n) is 2.90. The quantitative estimate of drug-likeness (QED) is 0.496. The molecule has 0 aliphatic carbocycles. The molecule has 1 N–H and O–H groups in total. The van der Waals surface area contributed by atoms with E-state index in [-0.39, 0.29) is 5.91 Å². The van der Waals surface area contributed by atoms with Crippen LogP contribution in [0.5, 0.6) is 0 Å². The number of amides is 1. The number of rotatable bonds is 10. The van der Waals surface area contributed by atoms with Crippen LogP contribution in [0, 0.1) is 0 Å². The molecule has 1 aliphatic heterocycles. The summed E-state index contributed by atoms with van der Waals surface area (Å²) in [4.78, 5) is 11.4. The van der Waals surface area contributed by atoms with Gasteiger partial charge >= 0.3 is 0 Å². The number of hydrogen-bond donors (Lipinski definition) is 1. The number of unbranched alkanes of at least 4 members (excludes halogenated alkanes) is 1. The van der Waals surface area contributed by atoms with Gasteiger partial charge in [0.1, 0.15) is 0 Å². The van der Waals surface area contributed by atoms with E-state index in [1.165, 1.54) is 0 Å². The van der Waals surface area contributed by atoms with E-state index >= 15 is 0 Å². The number of carbonyl (C=O) groups excluding carboxylic acids is 1. The fraction of sp³-hybridized carbons (Fsp3) is 0.923. The zero-order chi connectivity index (χ0) is 13.1. The molecule has 0 bridgehead atoms. The lowest BCUT2D eigenvalue weighted by Gasteiger charge is -2.10. The Labute approximate surface area is 118 Å². The first-order chi connectivity index (χ1) is 8.83. The van der Waals surface area contributed by atoms with Crippen molar-refractivity contribution in [1.29, 1.82) is 0 Å². The number of ether oxygens (including phenoxy) is 2. The summed E-state index contributed by atoms with van der Waals surface area (Å²) in [5, 5.41) is 3.87. The predicted octanol–water partition coefficient (Wildman–Crippen LogP) is 2.25. The maximum Gasteiger partial charge on any atom is 0.219 e. The topological polar surface area (TPSA) is 47.6 Å². The van der Waals surface area contributed by atoms with Crippen LogP contribution in [0.15, 0.2) is 0 Å². The van der Waals surface area contributed by atoms with Crippen LogP contribution in [0.2, 0.25) is 0 Å². The smallest absolute Gasteiger partial charge is 0.219 e. The number of carbonyl (C=O) groups is 1. The second-order valence-corrected chi connectivity index (χ2v) is 5.35. The maximum atomic E-state index is 11.4. The molecule has 0 aromatic heterocycles. The summed E-state index contributed by atoms with van der Waals surface area (Å²) in [5.41, 5.74) is 0. The number of hydrogen-bond acceptors (Lipinski definition) is 3. The van der Waals surface area contributed by atoms with Crippen LogP contribution in [0.4, 0.5) is 0 Å². The van der Waals surface area contributed by atoms with E-state index in [1.54, 1.807) is 0 Å². The summed E-state index contributed by atoms with van der Waals surface area (Å²) in [6, 6.07) is 0. The average molecular weight is 322 g/mol. The van der Waals surface area contributed by atoms with Gasteiger partial charge in [0.25, 0.3) is 0 Å². The molecule has 5 heteroatoms. The molecule has 0 saturated carbocycles. The molecule has 0 aromatic rings. The third-order valence-corrected chi connectivity index (χ3v) is 3.46. The normalized spacial score (nSPS) is 19.1. The van der Waals surface area contributed by atoms with Gasteiger partial charge in [-0.1, -0.05) is 15.9 Å². The van der Waals surface area contributed by atoms with Crippen molar-refractivity contribution in [2.75, 3.05) is 31.7 Å². The molecule has 0 radical (unpaired) electrons. The lowest BCUT2D eigenvalue weighted by Crippen LogP contribution is -2.25. The minimum atomic E-state index is 0.148. The fourth-order valence-corrected chi connectivity index (χ4v) is 2.26. The van der Waals surface area contributed by atoms with Crippen molar-refractivity contribution in [1.82, 2.24) is 5.32 Å². The van der Waals surface area contributed by atoms with Gasteiger partial charge in [-0.2, -0.15) is 0 Å².